The van der Waals surface area contributed by atoms with Gasteiger partial charge in [-0.1, -0.05) is 92.9 Å². The molecule has 0 aliphatic carbocycles. The maximum atomic E-state index is 2.38. The van der Waals surface area contributed by atoms with Gasteiger partial charge in [0.2, 0.25) is 0 Å². The van der Waals surface area contributed by atoms with E-state index in [2.05, 4.69) is 65.8 Å². The van der Waals surface area contributed by atoms with Crippen LogP contribution >= 0.6 is 0 Å². The Morgan fingerprint density at radius 3 is 1.20 bits per heavy atom. The molecule has 0 aliphatic heterocycles. The van der Waals surface area contributed by atoms with Crippen LogP contribution in [0.25, 0.3) is 0 Å². The third kappa shape index (κ3) is 7.77. The second-order valence-corrected chi connectivity index (χ2v) is 6.74. The van der Waals surface area contributed by atoms with Gasteiger partial charge in [-0.15, -0.1) is 0 Å². The van der Waals surface area contributed by atoms with Gasteiger partial charge in [0, 0.05) is 25.8 Å². The van der Waals surface area contributed by atoms with Crippen LogP contribution in [0.15, 0.2) is 24.3 Å². The molecule has 0 atom stereocenters. The third-order valence-electron chi connectivity index (χ3n) is 4.86. The van der Waals surface area contributed by atoms with Crippen LogP contribution in [0.3, 0.4) is 0 Å². The van der Waals surface area contributed by atoms with E-state index in [9.17, 15) is 0 Å². The monoisotopic (exact) mass is 506 g/mol. The van der Waals surface area contributed by atoms with E-state index in [1.54, 1.807) is 22.3 Å². The van der Waals surface area contributed by atoms with Gasteiger partial charge in [-0.25, -0.2) is 12.1 Å². The summed E-state index contributed by atoms with van der Waals surface area (Å²) in [5, 5.41) is 0. The minimum absolute atomic E-state index is 0. The Hall–Kier alpha value is -0.430. The van der Waals surface area contributed by atoms with Crippen molar-refractivity contribution in [2.45, 2.75) is 92.9 Å². The molecule has 0 N–H and O–H groups in total. The SMILES string of the molecule is CCCc1cc(CC)[c-](CC)c1.CCCc1cc(CC)[c-](CC)c1.[Hf]. The molecule has 0 aliphatic rings. The molecule has 0 spiro atoms. The topological polar surface area (TPSA) is 0 Å². The zero-order chi connectivity index (χ0) is 17.9. The van der Waals surface area contributed by atoms with Crippen LogP contribution in [0.1, 0.15) is 87.8 Å². The number of rotatable bonds is 8. The maximum Gasteiger partial charge on any atom is 0 e. The summed E-state index contributed by atoms with van der Waals surface area (Å²) >= 11 is 0. The molecule has 0 bridgehead atoms. The van der Waals surface area contributed by atoms with Crippen LogP contribution in [-0.2, 0) is 64.4 Å². The molecule has 1 heteroatoms. The molecule has 0 amide bonds. The standard InChI is InChI=1S/2C12H19.Hf/c2*1-4-7-10-8-11(5-2)12(6-3)9-10;/h2*8-9H,4-7H2,1-3H3;/q2*-1;. The molecule has 2 aromatic rings. The van der Waals surface area contributed by atoms with Crippen molar-refractivity contribution in [3.8, 4) is 0 Å². The summed E-state index contributed by atoms with van der Waals surface area (Å²) in [4.78, 5) is 0. The molecule has 0 nitrogen and oxygen atoms in total. The Labute approximate surface area is 175 Å². The normalized spacial score (nSPS) is 10.2. The molecule has 25 heavy (non-hydrogen) atoms. The average Bonchev–Trinajstić information content (AvgIpc) is 3.19. The average molecular weight is 505 g/mol. The van der Waals surface area contributed by atoms with Crippen molar-refractivity contribution in [2.75, 3.05) is 0 Å². The fourth-order valence-corrected chi connectivity index (χ4v) is 3.53. The first-order valence-electron chi connectivity index (χ1n) is 10.2. The molecule has 0 radical (unpaired) electrons. The van der Waals surface area contributed by atoms with E-state index in [1.807, 2.05) is 0 Å². The van der Waals surface area contributed by atoms with E-state index in [-0.39, 0.29) is 25.8 Å². The molecule has 0 fully saturated rings. The van der Waals surface area contributed by atoms with E-state index in [1.165, 1.54) is 62.5 Å². The quantitative estimate of drug-likeness (QED) is 0.269. The van der Waals surface area contributed by atoms with Gasteiger partial charge in [-0.3, -0.25) is 0 Å². The molecule has 0 unspecified atom stereocenters. The van der Waals surface area contributed by atoms with E-state index >= 15 is 0 Å². The Bertz CT molecular complexity index is 476. The predicted octanol–water partition coefficient (Wildman–Crippen LogP) is 6.96. The summed E-state index contributed by atoms with van der Waals surface area (Å²) in [5.74, 6) is 0. The van der Waals surface area contributed by atoms with Gasteiger partial charge < -0.3 is 0 Å². The van der Waals surface area contributed by atoms with Gasteiger partial charge in [-0.2, -0.15) is 45.5 Å². The molecule has 0 saturated heterocycles. The largest absolute Gasteiger partial charge is 0.207 e. The smallest absolute Gasteiger partial charge is 0 e. The van der Waals surface area contributed by atoms with Crippen molar-refractivity contribution >= 4 is 0 Å². The number of hydrogen-bond acceptors (Lipinski definition) is 0. The van der Waals surface area contributed by atoms with E-state index in [0.717, 1.165) is 0 Å². The summed E-state index contributed by atoms with van der Waals surface area (Å²) in [7, 11) is 0. The van der Waals surface area contributed by atoms with Crippen molar-refractivity contribution in [1.82, 2.24) is 0 Å². The summed E-state index contributed by atoms with van der Waals surface area (Å²) in [6.45, 7) is 13.4. The first-order chi connectivity index (χ1) is 11.6. The minimum atomic E-state index is 0. The summed E-state index contributed by atoms with van der Waals surface area (Å²) in [6, 6.07) is 9.51. The van der Waals surface area contributed by atoms with Gasteiger partial charge in [0.15, 0.2) is 0 Å². The Morgan fingerprint density at radius 1 is 0.640 bits per heavy atom. The Balaban J connectivity index is 0.000000443. The van der Waals surface area contributed by atoms with Gasteiger partial charge in [-0.05, 0) is 0 Å². The first kappa shape index (κ1) is 24.6. The van der Waals surface area contributed by atoms with Crippen molar-refractivity contribution in [3.05, 3.63) is 57.6 Å². The fourth-order valence-electron chi connectivity index (χ4n) is 3.53. The zero-order valence-corrected chi connectivity index (χ0v) is 21.1. The molecule has 0 heterocycles. The Kier molecular flexibility index (Phi) is 13.5. The second kappa shape index (κ2) is 13.7. The molecule has 2 aromatic carbocycles. The van der Waals surface area contributed by atoms with Crippen LogP contribution in [0.2, 0.25) is 0 Å². The van der Waals surface area contributed by atoms with Crippen molar-refractivity contribution in [2.24, 2.45) is 0 Å². The van der Waals surface area contributed by atoms with Gasteiger partial charge >= 0.3 is 0 Å². The van der Waals surface area contributed by atoms with Gasteiger partial charge in [0.25, 0.3) is 0 Å². The molecule has 2 rings (SSSR count). The zero-order valence-electron chi connectivity index (χ0n) is 17.5. The van der Waals surface area contributed by atoms with Gasteiger partial charge in [0.05, 0.1) is 0 Å². The van der Waals surface area contributed by atoms with Crippen LogP contribution < -0.4 is 0 Å². The molecular formula is C24H38Hf-2. The van der Waals surface area contributed by atoms with E-state index in [4.69, 9.17) is 0 Å². The van der Waals surface area contributed by atoms with E-state index in [0.29, 0.717) is 0 Å². The van der Waals surface area contributed by atoms with Crippen LogP contribution in [0.4, 0.5) is 0 Å². The van der Waals surface area contributed by atoms with Crippen LogP contribution in [-0.4, -0.2) is 0 Å². The van der Waals surface area contributed by atoms with Crippen LogP contribution in [0.5, 0.6) is 0 Å². The van der Waals surface area contributed by atoms with E-state index < -0.39 is 0 Å². The molecule has 140 valence electrons. The molecular weight excluding hydrogens is 467 g/mol. The maximum absolute atomic E-state index is 2.38. The number of aryl methyl sites for hydroxylation is 6. The van der Waals surface area contributed by atoms with Crippen molar-refractivity contribution in [1.29, 1.82) is 0 Å². The number of hydrogen-bond donors (Lipinski definition) is 0. The van der Waals surface area contributed by atoms with Crippen molar-refractivity contribution in [3.63, 3.8) is 0 Å². The summed E-state index contributed by atoms with van der Waals surface area (Å²) in [5.41, 5.74) is 9.29. The second-order valence-electron chi connectivity index (χ2n) is 6.74. The van der Waals surface area contributed by atoms with Crippen molar-refractivity contribution < 1.29 is 25.8 Å². The predicted molar refractivity (Wildman–Crippen MR) is 110 cm³/mol. The molecule has 0 saturated carbocycles. The fraction of sp³-hybridized carbons (Fsp3) is 0.583. The summed E-state index contributed by atoms with van der Waals surface area (Å²) < 4.78 is 0. The molecule has 0 aromatic heterocycles. The Morgan fingerprint density at radius 2 is 1.00 bits per heavy atom. The first-order valence-corrected chi connectivity index (χ1v) is 10.2. The van der Waals surface area contributed by atoms with Crippen LogP contribution in [0, 0.1) is 0 Å². The summed E-state index contributed by atoms with van der Waals surface area (Å²) in [6.07, 6.45) is 9.76. The minimum Gasteiger partial charge on any atom is -0.207 e. The third-order valence-corrected chi connectivity index (χ3v) is 4.86. The van der Waals surface area contributed by atoms with Gasteiger partial charge in [0.1, 0.15) is 0 Å².